The van der Waals surface area contributed by atoms with Crippen LogP contribution in [0.2, 0.25) is 0 Å². The average molecular weight is 264 g/mol. The molecular formula is C10H14F2N2O2S. The Labute approximate surface area is 102 Å². The Bertz CT molecular complexity index is 396. The van der Waals surface area contributed by atoms with Crippen LogP contribution >= 0.6 is 11.3 Å². The number of amides is 1. The summed E-state index contributed by atoms with van der Waals surface area (Å²) < 4.78 is 24.6. The van der Waals surface area contributed by atoms with Crippen molar-refractivity contribution in [1.82, 2.24) is 9.88 Å². The minimum atomic E-state index is -2.61. The molecule has 1 amide bonds. The van der Waals surface area contributed by atoms with Crippen LogP contribution in [0.15, 0.2) is 0 Å². The zero-order chi connectivity index (χ0) is 13.0. The van der Waals surface area contributed by atoms with Crippen LogP contribution in [0.4, 0.5) is 8.78 Å². The molecule has 0 bridgehead atoms. The molecule has 0 aliphatic carbocycles. The highest BCUT2D eigenvalue weighted by atomic mass is 32.1. The van der Waals surface area contributed by atoms with E-state index < -0.39 is 18.9 Å². The Morgan fingerprint density at radius 1 is 1.53 bits per heavy atom. The van der Waals surface area contributed by atoms with Crippen LogP contribution in [-0.2, 0) is 0 Å². The first-order valence-electron chi connectivity index (χ1n) is 5.08. The summed E-state index contributed by atoms with van der Waals surface area (Å²) in [5, 5.41) is 9.48. The molecule has 0 unspecified atom stereocenters. The van der Waals surface area contributed by atoms with Gasteiger partial charge < -0.3 is 10.0 Å². The fraction of sp³-hybridized carbons (Fsp3) is 0.600. The smallest absolute Gasteiger partial charge is 0.266 e. The molecule has 17 heavy (non-hydrogen) atoms. The summed E-state index contributed by atoms with van der Waals surface area (Å²) in [6.45, 7) is 2.30. The molecule has 7 heteroatoms. The van der Waals surface area contributed by atoms with Gasteiger partial charge in [0.25, 0.3) is 12.3 Å². The van der Waals surface area contributed by atoms with Crippen molar-refractivity contribution < 1.29 is 18.7 Å². The van der Waals surface area contributed by atoms with Gasteiger partial charge in [-0.05, 0) is 13.8 Å². The molecule has 0 saturated heterocycles. The lowest BCUT2D eigenvalue weighted by atomic mass is 10.3. The van der Waals surface area contributed by atoms with E-state index in [0.29, 0.717) is 15.6 Å². The molecule has 1 heterocycles. The SMILES string of the molecule is Cc1nc(C)c(C(=O)N(CCO)CC(F)F)s1. The third kappa shape index (κ3) is 3.71. The fourth-order valence-electron chi connectivity index (χ4n) is 1.44. The van der Waals surface area contributed by atoms with Gasteiger partial charge in [-0.1, -0.05) is 0 Å². The first-order chi connectivity index (χ1) is 7.95. The van der Waals surface area contributed by atoms with Crippen LogP contribution in [0.3, 0.4) is 0 Å². The third-order valence-electron chi connectivity index (χ3n) is 2.11. The van der Waals surface area contributed by atoms with Gasteiger partial charge >= 0.3 is 0 Å². The first-order valence-corrected chi connectivity index (χ1v) is 5.89. The topological polar surface area (TPSA) is 53.4 Å². The largest absolute Gasteiger partial charge is 0.395 e. The Kier molecular flexibility index (Phi) is 4.95. The van der Waals surface area contributed by atoms with E-state index in [2.05, 4.69) is 4.98 Å². The van der Waals surface area contributed by atoms with Crippen LogP contribution in [0.5, 0.6) is 0 Å². The summed E-state index contributed by atoms with van der Waals surface area (Å²) in [5.41, 5.74) is 0.537. The van der Waals surface area contributed by atoms with Gasteiger partial charge in [0.2, 0.25) is 0 Å². The number of aryl methyl sites for hydroxylation is 2. The summed E-state index contributed by atoms with van der Waals surface area (Å²) in [4.78, 5) is 17.3. The lowest BCUT2D eigenvalue weighted by Gasteiger charge is -2.20. The molecule has 0 aromatic carbocycles. The number of rotatable bonds is 5. The number of thiazole rings is 1. The van der Waals surface area contributed by atoms with Gasteiger partial charge in [0.05, 0.1) is 23.9 Å². The second-order valence-electron chi connectivity index (χ2n) is 3.51. The van der Waals surface area contributed by atoms with Crippen LogP contribution in [0, 0.1) is 13.8 Å². The molecule has 0 aliphatic heterocycles. The number of aliphatic hydroxyl groups excluding tert-OH is 1. The normalized spacial score (nSPS) is 10.9. The lowest BCUT2D eigenvalue weighted by Crippen LogP contribution is -2.37. The van der Waals surface area contributed by atoms with Crippen LogP contribution in [0.1, 0.15) is 20.4 Å². The minimum Gasteiger partial charge on any atom is -0.395 e. The van der Waals surface area contributed by atoms with Gasteiger partial charge in [-0.3, -0.25) is 4.79 Å². The number of halogens is 2. The van der Waals surface area contributed by atoms with E-state index in [1.807, 2.05) is 0 Å². The highest BCUT2D eigenvalue weighted by Gasteiger charge is 2.22. The van der Waals surface area contributed by atoms with Crippen molar-refractivity contribution in [3.8, 4) is 0 Å². The van der Waals surface area contributed by atoms with Crippen molar-refractivity contribution in [2.45, 2.75) is 20.3 Å². The van der Waals surface area contributed by atoms with Crippen molar-refractivity contribution in [2.24, 2.45) is 0 Å². The highest BCUT2D eigenvalue weighted by Crippen LogP contribution is 2.19. The van der Waals surface area contributed by atoms with E-state index >= 15 is 0 Å². The Balaban J connectivity index is 2.87. The van der Waals surface area contributed by atoms with Crippen LogP contribution < -0.4 is 0 Å². The highest BCUT2D eigenvalue weighted by molar-refractivity contribution is 7.13. The number of carbonyl (C=O) groups is 1. The van der Waals surface area contributed by atoms with Gasteiger partial charge in [0.1, 0.15) is 4.88 Å². The van der Waals surface area contributed by atoms with Gasteiger partial charge in [0, 0.05) is 6.54 Å². The lowest BCUT2D eigenvalue weighted by molar-refractivity contribution is 0.0512. The number of carbonyl (C=O) groups excluding carboxylic acids is 1. The second kappa shape index (κ2) is 6.02. The molecule has 0 atom stereocenters. The standard InChI is InChI=1S/C10H14F2N2O2S/c1-6-9(17-7(2)13-6)10(16)14(3-4-15)5-8(11)12/h8,15H,3-5H2,1-2H3. The number of hydrogen-bond donors (Lipinski definition) is 1. The second-order valence-corrected chi connectivity index (χ2v) is 4.72. The van der Waals surface area contributed by atoms with E-state index in [-0.39, 0.29) is 13.2 Å². The first kappa shape index (κ1) is 14.0. The summed E-state index contributed by atoms with van der Waals surface area (Å²) in [7, 11) is 0. The van der Waals surface area contributed by atoms with Crippen molar-refractivity contribution in [3.05, 3.63) is 15.6 Å². The average Bonchev–Trinajstić information content (AvgIpc) is 2.55. The van der Waals surface area contributed by atoms with Gasteiger partial charge in [0.15, 0.2) is 0 Å². The Hall–Kier alpha value is -1.08. The van der Waals surface area contributed by atoms with E-state index in [0.717, 1.165) is 4.90 Å². The molecule has 0 aliphatic rings. The molecule has 96 valence electrons. The van der Waals surface area contributed by atoms with Gasteiger partial charge in [-0.2, -0.15) is 0 Å². The zero-order valence-corrected chi connectivity index (χ0v) is 10.4. The molecule has 1 rings (SSSR count). The number of alkyl halides is 2. The van der Waals surface area contributed by atoms with Crippen molar-refractivity contribution in [3.63, 3.8) is 0 Å². The monoisotopic (exact) mass is 264 g/mol. The third-order valence-corrected chi connectivity index (χ3v) is 3.17. The predicted octanol–water partition coefficient (Wildman–Crippen LogP) is 1.46. The van der Waals surface area contributed by atoms with Gasteiger partial charge in [-0.25, -0.2) is 13.8 Å². The van der Waals surface area contributed by atoms with Crippen LogP contribution in [0.25, 0.3) is 0 Å². The van der Waals surface area contributed by atoms with Crippen molar-refractivity contribution >= 4 is 17.2 Å². The maximum Gasteiger partial charge on any atom is 0.266 e. The molecule has 0 spiro atoms. The molecule has 0 saturated carbocycles. The van der Waals surface area contributed by atoms with E-state index in [4.69, 9.17) is 5.11 Å². The summed E-state index contributed by atoms with van der Waals surface area (Å²) >= 11 is 1.17. The Morgan fingerprint density at radius 2 is 2.18 bits per heavy atom. The van der Waals surface area contributed by atoms with Crippen molar-refractivity contribution in [1.29, 1.82) is 0 Å². The maximum atomic E-state index is 12.3. The number of aliphatic hydroxyl groups is 1. The number of nitrogens with zero attached hydrogens (tertiary/aromatic N) is 2. The Morgan fingerprint density at radius 3 is 2.59 bits per heavy atom. The van der Waals surface area contributed by atoms with E-state index in [1.165, 1.54) is 11.3 Å². The molecule has 4 nitrogen and oxygen atoms in total. The van der Waals surface area contributed by atoms with E-state index in [1.54, 1.807) is 13.8 Å². The number of hydrogen-bond acceptors (Lipinski definition) is 4. The van der Waals surface area contributed by atoms with Gasteiger partial charge in [-0.15, -0.1) is 11.3 Å². The van der Waals surface area contributed by atoms with Crippen molar-refractivity contribution in [2.75, 3.05) is 19.7 Å². The van der Waals surface area contributed by atoms with Crippen LogP contribution in [-0.4, -0.2) is 47.0 Å². The zero-order valence-electron chi connectivity index (χ0n) is 9.61. The quantitative estimate of drug-likeness (QED) is 0.876. The fourth-order valence-corrected chi connectivity index (χ4v) is 2.32. The predicted molar refractivity (Wildman–Crippen MR) is 60.6 cm³/mol. The van der Waals surface area contributed by atoms with E-state index in [9.17, 15) is 13.6 Å². The molecule has 0 radical (unpaired) electrons. The molecule has 0 fully saturated rings. The summed E-state index contributed by atoms with van der Waals surface area (Å²) in [6.07, 6.45) is -2.61. The maximum absolute atomic E-state index is 12.3. The molecule has 1 aromatic rings. The molecule has 1 aromatic heterocycles. The number of aromatic nitrogens is 1. The molecule has 1 N–H and O–H groups in total. The summed E-state index contributed by atoms with van der Waals surface area (Å²) in [5.74, 6) is -0.498. The molecular weight excluding hydrogens is 250 g/mol. The summed E-state index contributed by atoms with van der Waals surface area (Å²) in [6, 6.07) is 0. The minimum absolute atomic E-state index is 0.0977.